The Morgan fingerprint density at radius 1 is 1.24 bits per heavy atom. The number of nitrogens with zero attached hydrogens (tertiary/aromatic N) is 4. The van der Waals surface area contributed by atoms with E-state index in [-0.39, 0.29) is 5.91 Å². The zero-order chi connectivity index (χ0) is 20.0. The molecule has 2 aromatic rings. The van der Waals surface area contributed by atoms with Crippen molar-refractivity contribution in [2.45, 2.75) is 37.3 Å². The molecule has 0 aliphatic carbocycles. The summed E-state index contributed by atoms with van der Waals surface area (Å²) in [7, 11) is 1.89. The van der Waals surface area contributed by atoms with Gasteiger partial charge in [0.1, 0.15) is 0 Å². The van der Waals surface area contributed by atoms with Gasteiger partial charge in [-0.2, -0.15) is 0 Å². The molecule has 1 saturated heterocycles. The Balaban J connectivity index is 1.25. The van der Waals surface area contributed by atoms with Gasteiger partial charge in [-0.25, -0.2) is 0 Å². The van der Waals surface area contributed by atoms with Crippen LogP contribution in [0, 0.1) is 0 Å². The van der Waals surface area contributed by atoms with Crippen molar-refractivity contribution in [3.8, 4) is 0 Å². The Morgan fingerprint density at radius 3 is 2.90 bits per heavy atom. The van der Waals surface area contributed by atoms with Gasteiger partial charge in [0.05, 0.1) is 24.0 Å². The Labute approximate surface area is 171 Å². The van der Waals surface area contributed by atoms with Crippen LogP contribution in [0.4, 0.5) is 11.4 Å². The van der Waals surface area contributed by atoms with Crippen molar-refractivity contribution in [2.24, 2.45) is 0 Å². The largest absolute Gasteiger partial charge is 0.388 e. The van der Waals surface area contributed by atoms with Gasteiger partial charge in [0, 0.05) is 44.5 Å². The van der Waals surface area contributed by atoms with Crippen molar-refractivity contribution < 1.29 is 9.90 Å². The van der Waals surface area contributed by atoms with Crippen LogP contribution in [0.1, 0.15) is 42.4 Å². The molecule has 3 aliphatic rings. The van der Waals surface area contributed by atoms with Crippen molar-refractivity contribution in [1.82, 2.24) is 9.88 Å². The van der Waals surface area contributed by atoms with Crippen LogP contribution in [-0.4, -0.2) is 60.2 Å². The van der Waals surface area contributed by atoms with E-state index >= 15 is 0 Å². The highest BCUT2D eigenvalue weighted by Crippen LogP contribution is 2.50. The molecule has 1 amide bonds. The predicted octanol–water partition coefficient (Wildman–Crippen LogP) is 2.55. The second-order valence-electron chi connectivity index (χ2n) is 8.50. The van der Waals surface area contributed by atoms with Gasteiger partial charge < -0.3 is 19.8 Å². The summed E-state index contributed by atoms with van der Waals surface area (Å²) in [6.07, 6.45) is 5.87. The van der Waals surface area contributed by atoms with Crippen molar-refractivity contribution >= 4 is 17.3 Å². The first-order valence-electron chi connectivity index (χ1n) is 10.6. The van der Waals surface area contributed by atoms with Crippen LogP contribution in [-0.2, 0) is 4.79 Å². The molecule has 1 N–H and O–H groups in total. The van der Waals surface area contributed by atoms with Crippen molar-refractivity contribution in [1.29, 1.82) is 0 Å². The first kappa shape index (κ1) is 18.6. The lowest BCUT2D eigenvalue weighted by atomic mass is 9.89. The van der Waals surface area contributed by atoms with Crippen LogP contribution in [0.2, 0.25) is 0 Å². The summed E-state index contributed by atoms with van der Waals surface area (Å²) in [5, 5.41) is 10.4. The Kier molecular flexibility index (Phi) is 4.76. The minimum Gasteiger partial charge on any atom is -0.388 e. The Morgan fingerprint density at radius 2 is 2.07 bits per heavy atom. The molecule has 6 nitrogen and oxygen atoms in total. The zero-order valence-corrected chi connectivity index (χ0v) is 16.9. The molecule has 0 bridgehead atoms. The van der Waals surface area contributed by atoms with Crippen LogP contribution in [0.3, 0.4) is 0 Å². The van der Waals surface area contributed by atoms with Gasteiger partial charge in [-0.05, 0) is 55.1 Å². The van der Waals surface area contributed by atoms with Gasteiger partial charge >= 0.3 is 0 Å². The van der Waals surface area contributed by atoms with Crippen molar-refractivity contribution in [2.75, 3.05) is 43.0 Å². The maximum Gasteiger partial charge on any atom is 0.246 e. The van der Waals surface area contributed by atoms with Gasteiger partial charge in [-0.15, -0.1) is 0 Å². The fraction of sp³-hybridized carbons (Fsp3) is 0.478. The SMILES string of the molecule is CN1C(=O)CN2c3c(cccc31)C1CN(CCC[C@@H](O)c3ccncc3)CCC12. The number of fused-ring (bicyclic) bond motifs is 3. The molecule has 2 unspecified atom stereocenters. The second-order valence-corrected chi connectivity index (χ2v) is 8.50. The standard InChI is InChI=1S/C23H28N4O2/c1-25-20-5-2-4-17-18-14-26(12-3-6-21(28)16-7-10-24-11-8-16)13-9-19(18)27(23(17)20)15-22(25)29/h2,4-5,7-8,10-11,18-19,21,28H,3,6,9,12-15H2,1H3/t18?,19?,21-/m1/s1. The summed E-state index contributed by atoms with van der Waals surface area (Å²) in [5.41, 5.74) is 4.67. The Bertz CT molecular complexity index is 903. The van der Waals surface area contributed by atoms with Crippen LogP contribution in [0.5, 0.6) is 0 Å². The average molecular weight is 393 g/mol. The molecule has 152 valence electrons. The minimum absolute atomic E-state index is 0.183. The maximum atomic E-state index is 12.5. The van der Waals surface area contributed by atoms with Crippen LogP contribution in [0.25, 0.3) is 0 Å². The highest BCUT2D eigenvalue weighted by Gasteiger charge is 2.46. The number of piperidine rings is 1. The highest BCUT2D eigenvalue weighted by atomic mass is 16.3. The topological polar surface area (TPSA) is 59.9 Å². The summed E-state index contributed by atoms with van der Waals surface area (Å²) in [6.45, 7) is 3.58. The number of hydrogen-bond acceptors (Lipinski definition) is 5. The number of benzene rings is 1. The highest BCUT2D eigenvalue weighted by molar-refractivity contribution is 6.04. The smallest absolute Gasteiger partial charge is 0.246 e. The molecular formula is C23H28N4O2. The van der Waals surface area contributed by atoms with Crippen molar-refractivity contribution in [3.63, 3.8) is 0 Å². The summed E-state index contributed by atoms with van der Waals surface area (Å²) in [5.74, 6) is 0.644. The van der Waals surface area contributed by atoms with Gasteiger partial charge in [0.25, 0.3) is 0 Å². The molecule has 6 heteroatoms. The lowest BCUT2D eigenvalue weighted by Crippen LogP contribution is -2.51. The fourth-order valence-corrected chi connectivity index (χ4v) is 5.33. The van der Waals surface area contributed by atoms with E-state index in [1.807, 2.05) is 24.1 Å². The molecule has 1 aromatic carbocycles. The van der Waals surface area contributed by atoms with Gasteiger partial charge in [-0.3, -0.25) is 9.78 Å². The number of para-hydroxylation sites is 1. The number of carbonyl (C=O) groups is 1. The zero-order valence-electron chi connectivity index (χ0n) is 16.9. The average Bonchev–Trinajstić information content (AvgIpc) is 3.06. The van der Waals surface area contributed by atoms with E-state index in [2.05, 4.69) is 33.0 Å². The quantitative estimate of drug-likeness (QED) is 0.847. The van der Waals surface area contributed by atoms with E-state index < -0.39 is 6.10 Å². The number of likely N-dealkylation sites (N-methyl/N-ethyl adjacent to an activating group) is 1. The molecule has 0 saturated carbocycles. The van der Waals surface area contributed by atoms with Gasteiger partial charge in [0.15, 0.2) is 0 Å². The lowest BCUT2D eigenvalue weighted by Gasteiger charge is -2.41. The normalized spacial score (nSPS) is 24.4. The molecule has 1 aromatic heterocycles. The third kappa shape index (κ3) is 3.20. The number of carbonyl (C=O) groups excluding carboxylic acids is 1. The molecular weight excluding hydrogens is 364 g/mol. The third-order valence-corrected chi connectivity index (χ3v) is 6.88. The van der Waals surface area contributed by atoms with E-state index in [0.29, 0.717) is 18.5 Å². The third-order valence-electron chi connectivity index (χ3n) is 6.88. The first-order chi connectivity index (χ1) is 14.1. The molecule has 3 atom stereocenters. The molecule has 5 rings (SSSR count). The van der Waals surface area contributed by atoms with Crippen LogP contribution < -0.4 is 9.80 Å². The monoisotopic (exact) mass is 392 g/mol. The summed E-state index contributed by atoms with van der Waals surface area (Å²) in [6, 6.07) is 10.6. The number of aliphatic hydroxyl groups excluding tert-OH is 1. The summed E-state index contributed by atoms with van der Waals surface area (Å²) < 4.78 is 0. The molecule has 3 aliphatic heterocycles. The van der Waals surface area contributed by atoms with E-state index in [1.54, 1.807) is 12.4 Å². The van der Waals surface area contributed by atoms with Crippen LogP contribution in [0.15, 0.2) is 42.7 Å². The van der Waals surface area contributed by atoms with E-state index in [9.17, 15) is 9.90 Å². The maximum absolute atomic E-state index is 12.5. The van der Waals surface area contributed by atoms with E-state index in [0.717, 1.165) is 50.1 Å². The molecule has 1 fully saturated rings. The summed E-state index contributed by atoms with van der Waals surface area (Å²) in [4.78, 5) is 23.2. The molecule has 29 heavy (non-hydrogen) atoms. The number of amides is 1. The number of likely N-dealkylation sites (tertiary alicyclic amines) is 1. The molecule has 4 heterocycles. The number of aliphatic hydroxyl groups is 1. The number of aromatic nitrogens is 1. The molecule has 0 radical (unpaired) electrons. The number of pyridine rings is 1. The minimum atomic E-state index is -0.420. The second kappa shape index (κ2) is 7.43. The number of rotatable bonds is 5. The number of anilines is 2. The Hall–Kier alpha value is -2.44. The van der Waals surface area contributed by atoms with E-state index in [4.69, 9.17) is 0 Å². The molecule has 0 spiro atoms. The number of hydrogen-bond donors (Lipinski definition) is 1. The fourth-order valence-electron chi connectivity index (χ4n) is 5.33. The predicted molar refractivity (Wildman–Crippen MR) is 113 cm³/mol. The van der Waals surface area contributed by atoms with Gasteiger partial charge in [-0.1, -0.05) is 12.1 Å². The van der Waals surface area contributed by atoms with Crippen molar-refractivity contribution in [3.05, 3.63) is 53.9 Å². The lowest BCUT2D eigenvalue weighted by molar-refractivity contribution is -0.117. The van der Waals surface area contributed by atoms with Crippen LogP contribution >= 0.6 is 0 Å². The summed E-state index contributed by atoms with van der Waals surface area (Å²) >= 11 is 0. The van der Waals surface area contributed by atoms with E-state index in [1.165, 1.54) is 11.3 Å². The van der Waals surface area contributed by atoms with Gasteiger partial charge in [0.2, 0.25) is 5.91 Å². The first-order valence-corrected chi connectivity index (χ1v) is 10.6.